The van der Waals surface area contributed by atoms with Crippen LogP contribution in [0.1, 0.15) is 26.3 Å². The zero-order valence-corrected chi connectivity index (χ0v) is 11.3. The van der Waals surface area contributed by atoms with Crippen LogP contribution < -0.4 is 11.1 Å². The van der Waals surface area contributed by atoms with Gasteiger partial charge >= 0.3 is 5.97 Å². The predicted molar refractivity (Wildman–Crippen MR) is 78.6 cm³/mol. The van der Waals surface area contributed by atoms with E-state index in [0.717, 1.165) is 5.56 Å². The fourth-order valence-electron chi connectivity index (χ4n) is 1.75. The number of nitrogens with one attached hydrogen (secondary N) is 1. The zero-order chi connectivity index (χ0) is 15.6. The number of amides is 1. The predicted octanol–water partition coefficient (Wildman–Crippen LogP) is 2.23. The van der Waals surface area contributed by atoms with Crippen molar-refractivity contribution in [3.63, 3.8) is 0 Å². The molecular weight excluding hydrogens is 272 g/mol. The maximum atomic E-state index is 12.1. The fourth-order valence-corrected chi connectivity index (χ4v) is 1.75. The summed E-state index contributed by atoms with van der Waals surface area (Å²) in [5.41, 5.74) is 7.37. The molecule has 6 nitrogen and oxygen atoms in total. The second-order valence-corrected chi connectivity index (χ2v) is 4.56. The number of benzene rings is 2. The lowest BCUT2D eigenvalue weighted by Gasteiger charge is -2.09. The van der Waals surface area contributed by atoms with Gasteiger partial charge in [-0.05, 0) is 42.8 Å². The Hall–Kier alpha value is -3.02. The molecule has 0 aromatic heterocycles. The van der Waals surface area contributed by atoms with Gasteiger partial charge in [-0.15, -0.1) is 0 Å². The maximum absolute atomic E-state index is 12.1. The van der Waals surface area contributed by atoms with Crippen molar-refractivity contribution < 1.29 is 19.8 Å². The first-order chi connectivity index (χ1) is 9.88. The molecule has 0 heterocycles. The molecule has 108 valence electrons. The minimum atomic E-state index is -1.15. The van der Waals surface area contributed by atoms with Crippen molar-refractivity contribution >= 4 is 23.3 Å². The van der Waals surface area contributed by atoms with Crippen LogP contribution in [-0.2, 0) is 0 Å². The third-order valence-corrected chi connectivity index (χ3v) is 3.03. The number of nitrogen functional groups attached to an aromatic ring is 1. The minimum absolute atomic E-state index is 0.0269. The van der Waals surface area contributed by atoms with E-state index >= 15 is 0 Å². The number of carboxylic acid groups (broad SMARTS) is 1. The molecule has 0 aliphatic heterocycles. The number of carbonyl (C=O) groups excluding carboxylic acids is 1. The van der Waals surface area contributed by atoms with Crippen LogP contribution >= 0.6 is 0 Å². The Labute approximate surface area is 120 Å². The Balaban J connectivity index is 2.28. The molecular formula is C15H14N2O4. The molecule has 2 aromatic rings. The summed E-state index contributed by atoms with van der Waals surface area (Å²) in [5, 5.41) is 21.0. The number of nitrogens with two attached hydrogens (primary N) is 1. The third kappa shape index (κ3) is 3.11. The monoisotopic (exact) mass is 286 g/mol. The smallest absolute Gasteiger partial charge is 0.335 e. The largest absolute Gasteiger partial charge is 0.506 e. The molecule has 0 atom stereocenters. The van der Waals surface area contributed by atoms with Crippen molar-refractivity contribution in [3.8, 4) is 5.75 Å². The number of aromatic carboxylic acids is 1. The van der Waals surface area contributed by atoms with Crippen LogP contribution in [0.3, 0.4) is 0 Å². The van der Waals surface area contributed by atoms with Crippen molar-refractivity contribution in [2.24, 2.45) is 0 Å². The highest BCUT2D eigenvalue weighted by atomic mass is 16.4. The van der Waals surface area contributed by atoms with Gasteiger partial charge in [0.15, 0.2) is 0 Å². The minimum Gasteiger partial charge on any atom is -0.506 e. The van der Waals surface area contributed by atoms with Crippen molar-refractivity contribution in [1.82, 2.24) is 0 Å². The summed E-state index contributed by atoms with van der Waals surface area (Å²) in [6, 6.07) is 8.46. The number of hydrogen-bond donors (Lipinski definition) is 4. The second kappa shape index (κ2) is 5.54. The quantitative estimate of drug-likeness (QED) is 0.510. The van der Waals surface area contributed by atoms with E-state index < -0.39 is 11.9 Å². The maximum Gasteiger partial charge on any atom is 0.335 e. The number of carbonyl (C=O) groups is 2. The lowest BCUT2D eigenvalue weighted by atomic mass is 10.1. The summed E-state index contributed by atoms with van der Waals surface area (Å²) in [5.74, 6) is -1.85. The first kappa shape index (κ1) is 14.4. The van der Waals surface area contributed by atoms with E-state index in [0.29, 0.717) is 11.3 Å². The summed E-state index contributed by atoms with van der Waals surface area (Å²) in [6.07, 6.45) is 0. The van der Waals surface area contributed by atoms with Crippen molar-refractivity contribution in [2.45, 2.75) is 6.92 Å². The number of carboxylic acids is 1. The standard InChI is InChI=1S/C15H14N2O4/c1-8-2-3-9(6-11(8)16)14(19)17-12-7-10(15(20)21)4-5-13(12)18/h2-7,18H,16H2,1H3,(H,17,19)(H,20,21). The van der Waals surface area contributed by atoms with Crippen LogP contribution in [0.4, 0.5) is 11.4 Å². The van der Waals surface area contributed by atoms with Gasteiger partial charge in [0.2, 0.25) is 0 Å². The van der Waals surface area contributed by atoms with Gasteiger partial charge in [0.05, 0.1) is 11.3 Å². The number of phenols is 1. The molecule has 1 amide bonds. The van der Waals surface area contributed by atoms with Crippen LogP contribution in [-0.4, -0.2) is 22.1 Å². The lowest BCUT2D eigenvalue weighted by Crippen LogP contribution is -2.13. The summed E-state index contributed by atoms with van der Waals surface area (Å²) in [7, 11) is 0. The van der Waals surface area contributed by atoms with E-state index in [4.69, 9.17) is 10.8 Å². The van der Waals surface area contributed by atoms with Crippen LogP contribution in [0.25, 0.3) is 0 Å². The van der Waals surface area contributed by atoms with Gasteiger partial charge in [-0.25, -0.2) is 4.79 Å². The average molecular weight is 286 g/mol. The summed E-state index contributed by atoms with van der Waals surface area (Å²) in [6.45, 7) is 1.82. The van der Waals surface area contributed by atoms with Crippen molar-refractivity contribution in [3.05, 3.63) is 53.1 Å². The van der Waals surface area contributed by atoms with E-state index in [1.165, 1.54) is 24.3 Å². The Morgan fingerprint density at radius 1 is 1.10 bits per heavy atom. The van der Waals surface area contributed by atoms with Crippen molar-refractivity contribution in [1.29, 1.82) is 0 Å². The van der Waals surface area contributed by atoms with Gasteiger partial charge < -0.3 is 21.3 Å². The molecule has 6 heteroatoms. The number of aromatic hydroxyl groups is 1. The van der Waals surface area contributed by atoms with Gasteiger partial charge in [0, 0.05) is 11.3 Å². The van der Waals surface area contributed by atoms with E-state index in [1.54, 1.807) is 12.1 Å². The molecule has 5 N–H and O–H groups in total. The molecule has 0 saturated carbocycles. The molecule has 0 aliphatic carbocycles. The average Bonchev–Trinajstić information content (AvgIpc) is 2.43. The third-order valence-electron chi connectivity index (χ3n) is 3.03. The van der Waals surface area contributed by atoms with Crippen LogP contribution in [0.2, 0.25) is 0 Å². The molecule has 2 rings (SSSR count). The molecule has 0 spiro atoms. The van der Waals surface area contributed by atoms with E-state index in [-0.39, 0.29) is 17.0 Å². The SMILES string of the molecule is Cc1ccc(C(=O)Nc2cc(C(=O)O)ccc2O)cc1N. The highest BCUT2D eigenvalue weighted by Crippen LogP contribution is 2.25. The Kier molecular flexibility index (Phi) is 3.80. The number of aryl methyl sites for hydroxylation is 1. The van der Waals surface area contributed by atoms with Gasteiger partial charge in [-0.2, -0.15) is 0 Å². The molecule has 0 bridgehead atoms. The molecule has 21 heavy (non-hydrogen) atoms. The Morgan fingerprint density at radius 2 is 1.76 bits per heavy atom. The molecule has 0 unspecified atom stereocenters. The topological polar surface area (TPSA) is 113 Å². The Bertz CT molecular complexity index is 726. The fraction of sp³-hybridized carbons (Fsp3) is 0.0667. The van der Waals surface area contributed by atoms with Crippen LogP contribution in [0.5, 0.6) is 5.75 Å². The van der Waals surface area contributed by atoms with Gasteiger partial charge in [-0.3, -0.25) is 4.79 Å². The number of phenolic OH excluding ortho intramolecular Hbond substituents is 1. The lowest BCUT2D eigenvalue weighted by molar-refractivity contribution is 0.0696. The van der Waals surface area contributed by atoms with Gasteiger partial charge in [0.25, 0.3) is 5.91 Å². The van der Waals surface area contributed by atoms with Crippen LogP contribution in [0.15, 0.2) is 36.4 Å². The van der Waals surface area contributed by atoms with Crippen molar-refractivity contribution in [2.75, 3.05) is 11.1 Å². The molecule has 2 aromatic carbocycles. The van der Waals surface area contributed by atoms with Crippen LogP contribution in [0, 0.1) is 6.92 Å². The van der Waals surface area contributed by atoms with E-state index in [9.17, 15) is 14.7 Å². The normalized spacial score (nSPS) is 10.1. The highest BCUT2D eigenvalue weighted by Gasteiger charge is 2.12. The van der Waals surface area contributed by atoms with E-state index in [2.05, 4.69) is 5.32 Å². The number of anilines is 2. The summed E-state index contributed by atoms with van der Waals surface area (Å²) < 4.78 is 0. The molecule has 0 fully saturated rings. The molecule has 0 saturated heterocycles. The summed E-state index contributed by atoms with van der Waals surface area (Å²) in [4.78, 5) is 23.0. The number of rotatable bonds is 3. The first-order valence-corrected chi connectivity index (χ1v) is 6.12. The molecule has 0 aliphatic rings. The first-order valence-electron chi connectivity index (χ1n) is 6.12. The number of hydrogen-bond acceptors (Lipinski definition) is 4. The van der Waals surface area contributed by atoms with E-state index in [1.807, 2.05) is 6.92 Å². The van der Waals surface area contributed by atoms with Gasteiger partial charge in [0.1, 0.15) is 5.75 Å². The summed E-state index contributed by atoms with van der Waals surface area (Å²) >= 11 is 0. The van der Waals surface area contributed by atoms with Gasteiger partial charge in [-0.1, -0.05) is 6.07 Å². The highest BCUT2D eigenvalue weighted by molar-refractivity contribution is 6.06. The second-order valence-electron chi connectivity index (χ2n) is 4.56. The Morgan fingerprint density at radius 3 is 2.38 bits per heavy atom. The zero-order valence-electron chi connectivity index (χ0n) is 11.3. The molecule has 0 radical (unpaired) electrons.